The number of anilines is 2. The second-order valence-corrected chi connectivity index (χ2v) is 6.34. The van der Waals surface area contributed by atoms with Crippen LogP contribution in [0, 0.1) is 0 Å². The largest absolute Gasteiger partial charge is 0.370 e. The highest BCUT2D eigenvalue weighted by molar-refractivity contribution is 8.00. The maximum Gasteiger partial charge on any atom is 0.134 e. The number of hydrogen-bond acceptors (Lipinski definition) is 5. The van der Waals surface area contributed by atoms with Crippen molar-refractivity contribution >= 4 is 23.4 Å². The fourth-order valence-corrected chi connectivity index (χ4v) is 2.86. The smallest absolute Gasteiger partial charge is 0.134 e. The van der Waals surface area contributed by atoms with Gasteiger partial charge in [-0.25, -0.2) is 9.97 Å². The van der Waals surface area contributed by atoms with Crippen LogP contribution in [-0.4, -0.2) is 34.1 Å². The van der Waals surface area contributed by atoms with E-state index in [4.69, 9.17) is 0 Å². The van der Waals surface area contributed by atoms with Crippen molar-refractivity contribution in [2.45, 2.75) is 44.3 Å². The Kier molecular flexibility index (Phi) is 4.91. The van der Waals surface area contributed by atoms with E-state index in [1.165, 1.54) is 18.4 Å². The maximum atomic E-state index is 4.41. The van der Waals surface area contributed by atoms with Gasteiger partial charge in [0.05, 0.1) is 0 Å². The Morgan fingerprint density at radius 2 is 1.89 bits per heavy atom. The number of nitrogens with one attached hydrogen (secondary N) is 2. The van der Waals surface area contributed by atoms with Gasteiger partial charge in [-0.1, -0.05) is 13.8 Å². The topological polar surface area (TPSA) is 49.8 Å². The van der Waals surface area contributed by atoms with Gasteiger partial charge in [0, 0.05) is 23.4 Å². The third kappa shape index (κ3) is 3.53. The van der Waals surface area contributed by atoms with E-state index in [0.29, 0.717) is 4.75 Å². The fourth-order valence-electron chi connectivity index (χ4n) is 2.13. The number of thioether (sulfide) groups is 1. The highest BCUT2D eigenvalue weighted by Crippen LogP contribution is 2.47. The van der Waals surface area contributed by atoms with Crippen molar-refractivity contribution in [1.82, 2.24) is 9.97 Å². The molecule has 0 aliphatic heterocycles. The summed E-state index contributed by atoms with van der Waals surface area (Å²) in [5.74, 6) is 1.98. The lowest BCUT2D eigenvalue weighted by molar-refractivity contribution is 0.916. The molecule has 4 nitrogen and oxygen atoms in total. The van der Waals surface area contributed by atoms with Gasteiger partial charge < -0.3 is 10.6 Å². The summed E-state index contributed by atoms with van der Waals surface area (Å²) in [6, 6.07) is 0. The lowest BCUT2D eigenvalue weighted by atomic mass is 10.2. The van der Waals surface area contributed by atoms with E-state index >= 15 is 0 Å². The summed E-state index contributed by atoms with van der Waals surface area (Å²) in [5.41, 5.74) is 1.20. The third-order valence-corrected chi connectivity index (χ3v) is 5.08. The van der Waals surface area contributed by atoms with Crippen LogP contribution in [0.2, 0.25) is 0 Å². The standard InChI is InChI=1S/C14H24N4S/c1-4-8-15-12-11(5-2)13(18-10-17-12)16-9-14(19-3)6-7-14/h10H,4-9H2,1-3H3,(H2,15,16,17,18). The first-order chi connectivity index (χ1) is 9.24. The molecule has 1 aliphatic carbocycles. The van der Waals surface area contributed by atoms with Crippen LogP contribution in [0.25, 0.3) is 0 Å². The number of rotatable bonds is 8. The van der Waals surface area contributed by atoms with Crippen molar-refractivity contribution in [3.8, 4) is 0 Å². The molecule has 1 heterocycles. The van der Waals surface area contributed by atoms with E-state index in [1.54, 1.807) is 6.33 Å². The van der Waals surface area contributed by atoms with Crippen LogP contribution in [0.5, 0.6) is 0 Å². The molecule has 2 rings (SSSR count). The van der Waals surface area contributed by atoms with Crippen LogP contribution in [0.4, 0.5) is 11.6 Å². The van der Waals surface area contributed by atoms with Crippen LogP contribution in [0.15, 0.2) is 6.33 Å². The lowest BCUT2D eigenvalue weighted by Crippen LogP contribution is -2.19. The first kappa shape index (κ1) is 14.4. The van der Waals surface area contributed by atoms with Crippen molar-refractivity contribution in [2.24, 2.45) is 0 Å². The van der Waals surface area contributed by atoms with Crippen molar-refractivity contribution < 1.29 is 0 Å². The van der Waals surface area contributed by atoms with E-state index in [1.807, 2.05) is 11.8 Å². The zero-order valence-corrected chi connectivity index (χ0v) is 12.9. The second kappa shape index (κ2) is 6.46. The molecule has 5 heteroatoms. The van der Waals surface area contributed by atoms with Crippen LogP contribution in [-0.2, 0) is 6.42 Å². The number of hydrogen-bond donors (Lipinski definition) is 2. The minimum absolute atomic E-state index is 0.451. The van der Waals surface area contributed by atoms with Gasteiger partial charge in [-0.15, -0.1) is 0 Å². The summed E-state index contributed by atoms with van der Waals surface area (Å²) >= 11 is 1.97. The molecule has 2 N–H and O–H groups in total. The zero-order valence-electron chi connectivity index (χ0n) is 12.1. The monoisotopic (exact) mass is 280 g/mol. The van der Waals surface area contributed by atoms with Gasteiger partial charge in [0.1, 0.15) is 18.0 Å². The SMILES string of the molecule is CCCNc1ncnc(NCC2(SC)CC2)c1CC. The predicted molar refractivity (Wildman–Crippen MR) is 84.2 cm³/mol. The molecule has 1 aliphatic rings. The first-order valence-electron chi connectivity index (χ1n) is 7.11. The third-order valence-electron chi connectivity index (χ3n) is 3.66. The summed E-state index contributed by atoms with van der Waals surface area (Å²) in [6.07, 6.45) is 8.53. The first-order valence-corrected chi connectivity index (χ1v) is 8.34. The van der Waals surface area contributed by atoms with E-state index in [-0.39, 0.29) is 0 Å². The predicted octanol–water partition coefficient (Wildman–Crippen LogP) is 3.17. The molecule has 0 radical (unpaired) electrons. The molecular weight excluding hydrogens is 256 g/mol. The molecule has 1 fully saturated rings. The van der Waals surface area contributed by atoms with Crippen LogP contribution < -0.4 is 10.6 Å². The molecule has 0 saturated heterocycles. The fraction of sp³-hybridized carbons (Fsp3) is 0.714. The maximum absolute atomic E-state index is 4.41. The van der Waals surface area contributed by atoms with Crippen molar-refractivity contribution in [1.29, 1.82) is 0 Å². The van der Waals surface area contributed by atoms with E-state index in [9.17, 15) is 0 Å². The molecule has 0 atom stereocenters. The normalized spacial score (nSPS) is 16.2. The summed E-state index contributed by atoms with van der Waals surface area (Å²) in [6.45, 7) is 6.28. The van der Waals surface area contributed by atoms with Gasteiger partial charge in [-0.2, -0.15) is 11.8 Å². The molecule has 106 valence electrons. The van der Waals surface area contributed by atoms with Crippen LogP contribution >= 0.6 is 11.8 Å². The van der Waals surface area contributed by atoms with E-state index in [0.717, 1.165) is 37.6 Å². The Balaban J connectivity index is 2.06. The Hall–Kier alpha value is -0.970. The number of aromatic nitrogens is 2. The molecule has 1 aromatic heterocycles. The Labute approximate surface area is 120 Å². The summed E-state index contributed by atoms with van der Waals surface area (Å²) < 4.78 is 0.451. The zero-order chi connectivity index (χ0) is 13.7. The van der Waals surface area contributed by atoms with E-state index < -0.39 is 0 Å². The summed E-state index contributed by atoms with van der Waals surface area (Å²) in [7, 11) is 0. The van der Waals surface area contributed by atoms with Gasteiger partial charge in [0.25, 0.3) is 0 Å². The van der Waals surface area contributed by atoms with Crippen molar-refractivity contribution in [3.05, 3.63) is 11.9 Å². The van der Waals surface area contributed by atoms with Gasteiger partial charge in [0.2, 0.25) is 0 Å². The van der Waals surface area contributed by atoms with Crippen LogP contribution in [0.3, 0.4) is 0 Å². The Morgan fingerprint density at radius 1 is 1.21 bits per heavy atom. The van der Waals surface area contributed by atoms with Crippen molar-refractivity contribution in [2.75, 3.05) is 30.0 Å². The Morgan fingerprint density at radius 3 is 2.42 bits per heavy atom. The molecule has 0 aromatic carbocycles. The highest BCUT2D eigenvalue weighted by atomic mass is 32.2. The lowest BCUT2D eigenvalue weighted by Gasteiger charge is -2.17. The average Bonchev–Trinajstić information content (AvgIpc) is 3.23. The molecule has 0 amide bonds. The van der Waals surface area contributed by atoms with Gasteiger partial charge >= 0.3 is 0 Å². The Bertz CT molecular complexity index is 418. The highest BCUT2D eigenvalue weighted by Gasteiger charge is 2.41. The quantitative estimate of drug-likeness (QED) is 0.766. The average molecular weight is 280 g/mol. The molecule has 19 heavy (non-hydrogen) atoms. The molecular formula is C14H24N4S. The van der Waals surface area contributed by atoms with Crippen molar-refractivity contribution in [3.63, 3.8) is 0 Å². The van der Waals surface area contributed by atoms with Gasteiger partial charge in [-0.3, -0.25) is 0 Å². The number of nitrogens with zero attached hydrogens (tertiary/aromatic N) is 2. The van der Waals surface area contributed by atoms with Gasteiger partial charge in [-0.05, 0) is 31.9 Å². The molecule has 1 saturated carbocycles. The molecule has 1 aromatic rings. The molecule has 0 spiro atoms. The summed E-state index contributed by atoms with van der Waals surface area (Å²) in [4.78, 5) is 8.77. The molecule has 0 bridgehead atoms. The van der Waals surface area contributed by atoms with Gasteiger partial charge in [0.15, 0.2) is 0 Å². The second-order valence-electron chi connectivity index (χ2n) is 5.07. The minimum atomic E-state index is 0.451. The van der Waals surface area contributed by atoms with Crippen LogP contribution in [0.1, 0.15) is 38.7 Å². The molecule has 0 unspecified atom stereocenters. The minimum Gasteiger partial charge on any atom is -0.370 e. The van der Waals surface area contributed by atoms with E-state index in [2.05, 4.69) is 40.7 Å². The summed E-state index contributed by atoms with van der Waals surface area (Å²) in [5, 5.41) is 6.91.